The third-order valence-electron chi connectivity index (χ3n) is 3.52. The average molecular weight is 222 g/mol. The maximum Gasteiger partial charge on any atom is 0.236 e. The molecule has 90 valence electrons. The Balaban J connectivity index is 1.55. The number of hydrogen-bond acceptors (Lipinski definition) is 2. The van der Waals surface area contributed by atoms with Crippen molar-refractivity contribution in [1.82, 2.24) is 10.2 Å². The Labute approximate surface area is 97.9 Å². The SMILES string of the molecule is CN(C(=O)CNCCC1=CCCC1)C1CC1. The molecule has 0 aliphatic heterocycles. The highest BCUT2D eigenvalue weighted by Gasteiger charge is 2.28. The molecule has 0 spiro atoms. The number of carbonyl (C=O) groups excluding carboxylic acids is 1. The van der Waals surface area contributed by atoms with Crippen LogP contribution in [0, 0.1) is 0 Å². The van der Waals surface area contributed by atoms with Gasteiger partial charge < -0.3 is 10.2 Å². The lowest BCUT2D eigenvalue weighted by Gasteiger charge is -2.16. The lowest BCUT2D eigenvalue weighted by atomic mass is 10.2. The smallest absolute Gasteiger partial charge is 0.236 e. The summed E-state index contributed by atoms with van der Waals surface area (Å²) in [5, 5.41) is 3.24. The Kier molecular flexibility index (Phi) is 3.99. The number of amides is 1. The molecule has 0 aromatic carbocycles. The number of nitrogens with zero attached hydrogens (tertiary/aromatic N) is 1. The van der Waals surface area contributed by atoms with E-state index in [-0.39, 0.29) is 5.91 Å². The van der Waals surface area contributed by atoms with Crippen LogP contribution in [0.15, 0.2) is 11.6 Å². The predicted molar refractivity (Wildman–Crippen MR) is 65.2 cm³/mol. The Morgan fingerprint density at radius 2 is 2.38 bits per heavy atom. The molecule has 1 fully saturated rings. The summed E-state index contributed by atoms with van der Waals surface area (Å²) in [5.41, 5.74) is 1.57. The van der Waals surface area contributed by atoms with E-state index < -0.39 is 0 Å². The molecule has 0 heterocycles. The lowest BCUT2D eigenvalue weighted by molar-refractivity contribution is -0.129. The van der Waals surface area contributed by atoms with E-state index >= 15 is 0 Å². The van der Waals surface area contributed by atoms with Crippen LogP contribution >= 0.6 is 0 Å². The first-order valence-electron chi connectivity index (χ1n) is 6.41. The van der Waals surface area contributed by atoms with Gasteiger partial charge >= 0.3 is 0 Å². The van der Waals surface area contributed by atoms with Gasteiger partial charge in [0.15, 0.2) is 0 Å². The molecule has 3 nitrogen and oxygen atoms in total. The highest BCUT2D eigenvalue weighted by Crippen LogP contribution is 2.25. The van der Waals surface area contributed by atoms with Gasteiger partial charge in [-0.15, -0.1) is 0 Å². The Bertz CT molecular complexity index is 282. The molecule has 0 atom stereocenters. The van der Waals surface area contributed by atoms with E-state index in [0.29, 0.717) is 12.6 Å². The summed E-state index contributed by atoms with van der Waals surface area (Å²) >= 11 is 0. The van der Waals surface area contributed by atoms with E-state index in [9.17, 15) is 4.79 Å². The number of allylic oxidation sites excluding steroid dienone is 1. The fourth-order valence-electron chi connectivity index (χ4n) is 2.20. The second-order valence-electron chi connectivity index (χ2n) is 4.92. The van der Waals surface area contributed by atoms with E-state index in [1.807, 2.05) is 11.9 Å². The van der Waals surface area contributed by atoms with Crippen molar-refractivity contribution in [3.63, 3.8) is 0 Å². The highest BCUT2D eigenvalue weighted by molar-refractivity contribution is 5.78. The van der Waals surface area contributed by atoms with Gasteiger partial charge in [-0.1, -0.05) is 11.6 Å². The fraction of sp³-hybridized carbons (Fsp3) is 0.769. The minimum absolute atomic E-state index is 0.239. The average Bonchev–Trinajstić information content (AvgIpc) is 3.01. The summed E-state index contributed by atoms with van der Waals surface area (Å²) in [6.45, 7) is 1.44. The second-order valence-corrected chi connectivity index (χ2v) is 4.92. The first-order chi connectivity index (χ1) is 7.77. The predicted octanol–water partition coefficient (Wildman–Crippen LogP) is 1.70. The summed E-state index contributed by atoms with van der Waals surface area (Å²) in [6, 6.07) is 0.534. The van der Waals surface area contributed by atoms with Gasteiger partial charge in [-0.05, 0) is 45.1 Å². The highest BCUT2D eigenvalue weighted by atomic mass is 16.2. The van der Waals surface area contributed by atoms with Gasteiger partial charge in [0, 0.05) is 13.1 Å². The first kappa shape index (κ1) is 11.6. The summed E-state index contributed by atoms with van der Waals surface area (Å²) in [7, 11) is 1.92. The van der Waals surface area contributed by atoms with Crippen LogP contribution in [0.1, 0.15) is 38.5 Å². The normalized spacial score (nSPS) is 19.7. The molecular weight excluding hydrogens is 200 g/mol. The van der Waals surface area contributed by atoms with Crippen molar-refractivity contribution in [2.45, 2.75) is 44.6 Å². The quantitative estimate of drug-likeness (QED) is 0.548. The number of nitrogens with one attached hydrogen (secondary N) is 1. The second kappa shape index (κ2) is 5.48. The summed E-state index contributed by atoms with van der Waals surface area (Å²) in [4.78, 5) is 13.6. The van der Waals surface area contributed by atoms with Crippen LogP contribution < -0.4 is 5.32 Å². The Morgan fingerprint density at radius 1 is 1.56 bits per heavy atom. The minimum atomic E-state index is 0.239. The van der Waals surface area contributed by atoms with Gasteiger partial charge in [0.2, 0.25) is 5.91 Å². The number of rotatable bonds is 6. The molecule has 16 heavy (non-hydrogen) atoms. The van der Waals surface area contributed by atoms with Gasteiger partial charge in [-0.2, -0.15) is 0 Å². The first-order valence-corrected chi connectivity index (χ1v) is 6.41. The molecule has 0 saturated heterocycles. The molecule has 0 aromatic rings. The van der Waals surface area contributed by atoms with Crippen LogP contribution in [0.5, 0.6) is 0 Å². The molecule has 0 aromatic heterocycles. The minimum Gasteiger partial charge on any atom is -0.342 e. The molecule has 3 heteroatoms. The van der Waals surface area contributed by atoms with Crippen molar-refractivity contribution < 1.29 is 4.79 Å². The van der Waals surface area contributed by atoms with Crippen molar-refractivity contribution in [1.29, 1.82) is 0 Å². The topological polar surface area (TPSA) is 32.3 Å². The molecule has 0 radical (unpaired) electrons. The molecule has 2 aliphatic rings. The molecule has 2 aliphatic carbocycles. The third-order valence-corrected chi connectivity index (χ3v) is 3.52. The third kappa shape index (κ3) is 3.34. The van der Waals surface area contributed by atoms with Crippen LogP contribution in [0.25, 0.3) is 0 Å². The summed E-state index contributed by atoms with van der Waals surface area (Å²) in [5.74, 6) is 0.239. The zero-order valence-electron chi connectivity index (χ0n) is 10.2. The maximum atomic E-state index is 11.7. The van der Waals surface area contributed by atoms with Gasteiger partial charge in [0.05, 0.1) is 6.54 Å². The van der Waals surface area contributed by atoms with Gasteiger partial charge in [0.1, 0.15) is 0 Å². The standard InChI is InChI=1S/C13H22N2O/c1-15(12-6-7-12)13(16)10-14-9-8-11-4-2-3-5-11/h4,12,14H,2-3,5-10H2,1H3. The van der Waals surface area contributed by atoms with E-state index in [1.54, 1.807) is 5.57 Å². The maximum absolute atomic E-state index is 11.7. The van der Waals surface area contributed by atoms with Crippen molar-refractivity contribution in [3.8, 4) is 0 Å². The molecule has 0 unspecified atom stereocenters. The zero-order chi connectivity index (χ0) is 11.4. The van der Waals surface area contributed by atoms with Crippen LogP contribution in [0.2, 0.25) is 0 Å². The summed E-state index contributed by atoms with van der Waals surface area (Å²) in [6.07, 6.45) is 9.67. The number of likely N-dealkylation sites (N-methyl/N-ethyl adjacent to an activating group) is 1. The Hall–Kier alpha value is -0.830. The van der Waals surface area contributed by atoms with Gasteiger partial charge in [-0.25, -0.2) is 0 Å². The van der Waals surface area contributed by atoms with Crippen molar-refractivity contribution >= 4 is 5.91 Å². The molecular formula is C13H22N2O. The number of carbonyl (C=O) groups is 1. The van der Waals surface area contributed by atoms with Crippen molar-refractivity contribution in [2.24, 2.45) is 0 Å². The Morgan fingerprint density at radius 3 is 3.00 bits per heavy atom. The van der Waals surface area contributed by atoms with Crippen LogP contribution in [-0.2, 0) is 4.79 Å². The molecule has 1 saturated carbocycles. The van der Waals surface area contributed by atoms with Crippen molar-refractivity contribution in [3.05, 3.63) is 11.6 Å². The van der Waals surface area contributed by atoms with E-state index in [1.165, 1.54) is 32.1 Å². The zero-order valence-corrected chi connectivity index (χ0v) is 10.2. The largest absolute Gasteiger partial charge is 0.342 e. The van der Waals surface area contributed by atoms with Crippen LogP contribution in [0.3, 0.4) is 0 Å². The lowest BCUT2D eigenvalue weighted by Crippen LogP contribution is -2.37. The van der Waals surface area contributed by atoms with Gasteiger partial charge in [-0.3, -0.25) is 4.79 Å². The van der Waals surface area contributed by atoms with Crippen LogP contribution in [0.4, 0.5) is 0 Å². The molecule has 1 N–H and O–H groups in total. The van der Waals surface area contributed by atoms with Crippen LogP contribution in [-0.4, -0.2) is 37.0 Å². The van der Waals surface area contributed by atoms with Gasteiger partial charge in [0.25, 0.3) is 0 Å². The van der Waals surface area contributed by atoms with E-state index in [2.05, 4.69) is 11.4 Å². The van der Waals surface area contributed by atoms with E-state index in [4.69, 9.17) is 0 Å². The molecule has 1 amide bonds. The fourth-order valence-corrected chi connectivity index (χ4v) is 2.20. The summed E-state index contributed by atoms with van der Waals surface area (Å²) < 4.78 is 0. The number of hydrogen-bond donors (Lipinski definition) is 1. The molecule has 0 bridgehead atoms. The monoisotopic (exact) mass is 222 g/mol. The molecule has 2 rings (SSSR count). The van der Waals surface area contributed by atoms with E-state index in [0.717, 1.165) is 13.0 Å². The van der Waals surface area contributed by atoms with Crippen molar-refractivity contribution in [2.75, 3.05) is 20.1 Å².